The van der Waals surface area contributed by atoms with Gasteiger partial charge in [-0.15, -0.1) is 0 Å². The van der Waals surface area contributed by atoms with Crippen LogP contribution in [-0.4, -0.2) is 91.2 Å². The van der Waals surface area contributed by atoms with E-state index in [4.69, 9.17) is 15.2 Å². The summed E-state index contributed by atoms with van der Waals surface area (Å²) in [5.41, 5.74) is 6.64. The predicted octanol–water partition coefficient (Wildman–Crippen LogP) is 0.410. The largest absolute Gasteiger partial charge is 0.449 e. The van der Waals surface area contributed by atoms with Gasteiger partial charge < -0.3 is 35.6 Å². The normalized spacial score (nSPS) is 23.9. The first kappa shape index (κ1) is 27.6. The molecular formula is C25H35N7O6. The molecule has 5 N–H and O–H groups in total. The molecular weight excluding hydrogens is 494 g/mol. The molecule has 2 aliphatic heterocycles. The number of ether oxygens (including phenoxy) is 2. The third-order valence-corrected chi connectivity index (χ3v) is 6.57. The number of aromatic nitrogens is 4. The second-order valence-electron chi connectivity index (χ2n) is 9.99. The summed E-state index contributed by atoms with van der Waals surface area (Å²) in [5.74, 6) is 6.46. The van der Waals surface area contributed by atoms with E-state index in [1.807, 2.05) is 13.8 Å². The van der Waals surface area contributed by atoms with Crippen molar-refractivity contribution < 1.29 is 29.3 Å². The number of fused-ring (bicyclic) bond motifs is 1. The zero-order valence-electron chi connectivity index (χ0n) is 21.8. The number of nitrogens with one attached hydrogen (secondary N) is 1. The van der Waals surface area contributed by atoms with Crippen molar-refractivity contribution in [2.75, 3.05) is 32.0 Å². The minimum atomic E-state index is -1.43. The maximum absolute atomic E-state index is 12.2. The Morgan fingerprint density at radius 1 is 1.26 bits per heavy atom. The number of imidazole rings is 1. The summed E-state index contributed by atoms with van der Waals surface area (Å²) in [6.45, 7) is 7.78. The van der Waals surface area contributed by atoms with E-state index in [0.717, 1.165) is 12.8 Å². The van der Waals surface area contributed by atoms with Crippen molar-refractivity contribution in [2.24, 2.45) is 11.8 Å². The van der Waals surface area contributed by atoms with Crippen molar-refractivity contribution in [3.8, 4) is 11.8 Å². The molecule has 13 nitrogen and oxygen atoms in total. The summed E-state index contributed by atoms with van der Waals surface area (Å²) in [4.78, 5) is 39.0. The summed E-state index contributed by atoms with van der Waals surface area (Å²) in [7, 11) is 0. The Labute approximate surface area is 220 Å². The predicted molar refractivity (Wildman–Crippen MR) is 136 cm³/mol. The Balaban J connectivity index is 1.42. The van der Waals surface area contributed by atoms with E-state index in [0.29, 0.717) is 50.0 Å². The van der Waals surface area contributed by atoms with Crippen LogP contribution in [0.2, 0.25) is 0 Å². The van der Waals surface area contributed by atoms with Crippen LogP contribution in [0.15, 0.2) is 6.33 Å². The summed E-state index contributed by atoms with van der Waals surface area (Å²) in [6, 6.07) is 0. The van der Waals surface area contributed by atoms with Crippen LogP contribution in [0.4, 0.5) is 10.6 Å². The smallest absolute Gasteiger partial charge is 0.409 e. The van der Waals surface area contributed by atoms with Gasteiger partial charge in [-0.3, -0.25) is 9.36 Å². The molecule has 2 saturated heterocycles. The molecule has 4 rings (SSSR count). The molecule has 2 aliphatic rings. The molecule has 4 heterocycles. The SMILES string of the molecule is CCNC(=O)[C@H]1O[C@@H](n2cnc3c(N)nc(C#CCC4CCN(C(=O)OCC(C)C)CC4)nc32)C(O)[C@H]1O. The molecule has 0 aliphatic carbocycles. The van der Waals surface area contributed by atoms with Crippen molar-refractivity contribution in [3.63, 3.8) is 0 Å². The Morgan fingerprint density at radius 2 is 2.00 bits per heavy atom. The zero-order chi connectivity index (χ0) is 27.4. The highest BCUT2D eigenvalue weighted by atomic mass is 16.6. The summed E-state index contributed by atoms with van der Waals surface area (Å²) < 4.78 is 12.4. The highest BCUT2D eigenvalue weighted by Gasteiger charge is 2.47. The number of carbonyl (C=O) groups is 2. The van der Waals surface area contributed by atoms with Gasteiger partial charge in [0.25, 0.3) is 5.91 Å². The molecule has 0 spiro atoms. The van der Waals surface area contributed by atoms with E-state index in [1.54, 1.807) is 11.8 Å². The molecule has 13 heteroatoms. The number of rotatable bonds is 6. The topological polar surface area (TPSA) is 178 Å². The third-order valence-electron chi connectivity index (χ3n) is 6.57. The van der Waals surface area contributed by atoms with E-state index < -0.39 is 30.4 Å². The molecule has 2 aromatic heterocycles. The second kappa shape index (κ2) is 11.9. The first-order valence-corrected chi connectivity index (χ1v) is 12.9. The Morgan fingerprint density at radius 3 is 2.68 bits per heavy atom. The number of amides is 2. The number of nitrogen functional groups attached to an aromatic ring is 1. The third kappa shape index (κ3) is 5.98. The first-order valence-electron chi connectivity index (χ1n) is 12.9. The Hall–Kier alpha value is -3.47. The van der Waals surface area contributed by atoms with Crippen LogP contribution in [0.3, 0.4) is 0 Å². The number of hydrogen-bond donors (Lipinski definition) is 4. The number of aliphatic hydroxyl groups is 2. The van der Waals surface area contributed by atoms with E-state index >= 15 is 0 Å². The standard InChI is InChI=1S/C25H35N7O6/c1-4-27-23(35)20-18(33)19(34)24(38-20)32-13-28-17-21(26)29-16(30-22(17)32)7-5-6-15-8-10-31(11-9-15)25(36)37-12-14(2)3/h13-15,18-20,24,33-34H,4,6,8-12H2,1-3H3,(H,27,35)(H2,26,29,30)/t18-,19?,20+,24-/m1/s1. The number of piperidine rings is 1. The molecule has 38 heavy (non-hydrogen) atoms. The maximum Gasteiger partial charge on any atom is 0.409 e. The quantitative estimate of drug-likeness (QED) is 0.383. The number of likely N-dealkylation sites (N-methyl/N-ethyl adjacent to an activating group) is 1. The highest BCUT2D eigenvalue weighted by molar-refractivity contribution is 5.83. The minimum Gasteiger partial charge on any atom is -0.449 e. The van der Waals surface area contributed by atoms with Gasteiger partial charge in [0.05, 0.1) is 12.9 Å². The molecule has 0 aromatic carbocycles. The fourth-order valence-corrected chi connectivity index (χ4v) is 4.48. The lowest BCUT2D eigenvalue weighted by Crippen LogP contribution is -2.42. The number of hydrogen-bond acceptors (Lipinski definition) is 10. The lowest BCUT2D eigenvalue weighted by molar-refractivity contribution is -0.137. The van der Waals surface area contributed by atoms with Crippen molar-refractivity contribution >= 4 is 29.0 Å². The summed E-state index contributed by atoms with van der Waals surface area (Å²) in [6.07, 6.45) is -1.79. The number of anilines is 1. The number of likely N-dealkylation sites (tertiary alicyclic amines) is 1. The van der Waals surface area contributed by atoms with Gasteiger partial charge in [0, 0.05) is 26.1 Å². The van der Waals surface area contributed by atoms with Crippen LogP contribution in [0.5, 0.6) is 0 Å². The summed E-state index contributed by atoms with van der Waals surface area (Å²) >= 11 is 0. The van der Waals surface area contributed by atoms with E-state index in [-0.39, 0.29) is 23.4 Å². The van der Waals surface area contributed by atoms with Gasteiger partial charge in [-0.25, -0.2) is 19.7 Å². The molecule has 4 atom stereocenters. The van der Waals surface area contributed by atoms with Gasteiger partial charge in [-0.2, -0.15) is 0 Å². The molecule has 1 unspecified atom stereocenters. The monoisotopic (exact) mass is 529 g/mol. The lowest BCUT2D eigenvalue weighted by atomic mass is 9.94. The molecule has 206 valence electrons. The van der Waals surface area contributed by atoms with Gasteiger partial charge in [-0.1, -0.05) is 19.8 Å². The van der Waals surface area contributed by atoms with Crippen molar-refractivity contribution in [1.29, 1.82) is 0 Å². The van der Waals surface area contributed by atoms with E-state index in [2.05, 4.69) is 32.1 Å². The number of nitrogens with two attached hydrogens (primary N) is 1. The zero-order valence-corrected chi connectivity index (χ0v) is 21.8. The summed E-state index contributed by atoms with van der Waals surface area (Å²) in [5, 5.41) is 23.5. The van der Waals surface area contributed by atoms with Gasteiger partial charge in [0.15, 0.2) is 23.8 Å². The van der Waals surface area contributed by atoms with Gasteiger partial charge in [0.1, 0.15) is 17.7 Å². The van der Waals surface area contributed by atoms with Crippen LogP contribution < -0.4 is 11.1 Å². The van der Waals surface area contributed by atoms with Crippen LogP contribution in [0.25, 0.3) is 11.2 Å². The molecule has 0 radical (unpaired) electrons. The first-order chi connectivity index (χ1) is 18.2. The highest BCUT2D eigenvalue weighted by Crippen LogP contribution is 2.32. The molecule has 2 fully saturated rings. The molecule has 2 aromatic rings. The van der Waals surface area contributed by atoms with Gasteiger partial charge in [-0.05, 0) is 37.5 Å². The van der Waals surface area contributed by atoms with Crippen LogP contribution >= 0.6 is 0 Å². The molecule has 0 saturated carbocycles. The minimum absolute atomic E-state index is 0.111. The number of nitrogens with zero attached hydrogens (tertiary/aromatic N) is 5. The van der Waals surface area contributed by atoms with Crippen LogP contribution in [-0.2, 0) is 14.3 Å². The Bertz CT molecular complexity index is 1210. The van der Waals surface area contributed by atoms with Crippen LogP contribution in [0.1, 0.15) is 52.1 Å². The van der Waals surface area contributed by atoms with Crippen molar-refractivity contribution in [2.45, 2.75) is 64.6 Å². The van der Waals surface area contributed by atoms with E-state index in [1.165, 1.54) is 10.9 Å². The number of aliphatic hydroxyl groups excluding tert-OH is 2. The molecule has 0 bridgehead atoms. The lowest BCUT2D eigenvalue weighted by Gasteiger charge is -2.30. The number of carbonyl (C=O) groups excluding carboxylic acids is 2. The van der Waals surface area contributed by atoms with Gasteiger partial charge in [0.2, 0.25) is 5.82 Å². The average molecular weight is 530 g/mol. The Kier molecular flexibility index (Phi) is 8.65. The fourth-order valence-electron chi connectivity index (χ4n) is 4.48. The maximum atomic E-state index is 12.2. The fraction of sp³-hybridized carbons (Fsp3) is 0.640. The van der Waals surface area contributed by atoms with Gasteiger partial charge >= 0.3 is 6.09 Å². The van der Waals surface area contributed by atoms with E-state index in [9.17, 15) is 19.8 Å². The van der Waals surface area contributed by atoms with Crippen molar-refractivity contribution in [1.82, 2.24) is 29.7 Å². The molecule has 2 amide bonds. The van der Waals surface area contributed by atoms with Crippen LogP contribution in [0, 0.1) is 23.7 Å². The second-order valence-corrected chi connectivity index (χ2v) is 9.99. The average Bonchev–Trinajstić information content (AvgIpc) is 3.44. The van der Waals surface area contributed by atoms with Crippen molar-refractivity contribution in [3.05, 3.63) is 12.2 Å².